The Balaban J connectivity index is 0. The molecule has 4 nitrogen and oxygen atoms in total. The topological polar surface area (TPSA) is 66.4 Å². The Labute approximate surface area is 213 Å². The van der Waals surface area contributed by atoms with Gasteiger partial charge in [0, 0.05) is 6.42 Å². The molecule has 33 heavy (non-hydrogen) atoms. The Morgan fingerprint density at radius 1 is 0.545 bits per heavy atom. The minimum atomic E-state index is -8.75. The molecule has 23 heteroatoms. The molecule has 0 amide bonds. The third-order valence-corrected chi connectivity index (χ3v) is 3.89. The smallest absolute Gasteiger partial charge is 0.726 e. The van der Waals surface area contributed by atoms with Crippen LogP contribution in [0.4, 0.5) is 74.6 Å². The fourth-order valence-corrected chi connectivity index (χ4v) is 1.91. The number of rotatable bonds is 10. The van der Waals surface area contributed by atoms with Gasteiger partial charge in [-0.25, -0.2) is 8.42 Å². The van der Waals surface area contributed by atoms with Crippen molar-refractivity contribution in [3.63, 3.8) is 0 Å². The summed E-state index contributed by atoms with van der Waals surface area (Å²) < 4.78 is 252. The number of hydrogen-bond donors (Lipinski definition) is 0. The molecular weight excluding hydrogens is 578 g/mol. The second-order valence-corrected chi connectivity index (χ2v) is 6.68. The molecule has 0 aliphatic carbocycles. The molecule has 0 atom stereocenters. The molecule has 0 aromatic rings. The van der Waals surface area contributed by atoms with Gasteiger partial charge < -0.3 is 4.55 Å². The zero-order valence-electron chi connectivity index (χ0n) is 14.9. The van der Waals surface area contributed by atoms with Gasteiger partial charge in [-0.1, -0.05) is 0 Å². The first kappa shape index (κ1) is 35.5. The summed E-state index contributed by atoms with van der Waals surface area (Å²) in [5, 5.41) is 0. The van der Waals surface area contributed by atoms with Gasteiger partial charge in [0.2, 0.25) is 10.4 Å². The van der Waals surface area contributed by atoms with Crippen molar-refractivity contribution in [1.29, 1.82) is 0 Å². The molecule has 0 aromatic carbocycles. The first-order valence-electron chi connectivity index (χ1n) is 6.77. The van der Waals surface area contributed by atoms with Crippen LogP contribution in [0.1, 0.15) is 6.42 Å². The molecule has 0 N–H and O–H groups in total. The number of alkyl halides is 17. The summed E-state index contributed by atoms with van der Waals surface area (Å²) in [6, 6.07) is 0. The van der Waals surface area contributed by atoms with Crippen LogP contribution >= 0.6 is 0 Å². The van der Waals surface area contributed by atoms with E-state index < -0.39 is 71.1 Å². The molecule has 0 saturated carbocycles. The van der Waals surface area contributed by atoms with Gasteiger partial charge in [0.15, 0.2) is 0 Å². The van der Waals surface area contributed by atoms with Crippen LogP contribution < -0.4 is 51.4 Å². The van der Waals surface area contributed by atoms with Gasteiger partial charge in [-0.05, 0) is 0 Å². The fourth-order valence-electron chi connectivity index (χ4n) is 1.63. The summed E-state index contributed by atoms with van der Waals surface area (Å²) >= 11 is 0. The molecule has 0 unspecified atom stereocenters. The summed E-state index contributed by atoms with van der Waals surface area (Å²) in [6.07, 6.45) is -11.0. The van der Waals surface area contributed by atoms with Crippen LogP contribution in [0.25, 0.3) is 0 Å². The van der Waals surface area contributed by atoms with Gasteiger partial charge in [0.05, 0.1) is 6.61 Å². The first-order valence-corrected chi connectivity index (χ1v) is 8.10. The van der Waals surface area contributed by atoms with E-state index in [0.717, 1.165) is 0 Å². The predicted molar refractivity (Wildman–Crippen MR) is 61.0 cm³/mol. The molecule has 0 radical (unpaired) electrons. The molecule has 0 fully saturated rings. The maximum Gasteiger partial charge on any atom is 1.00 e. The third kappa shape index (κ3) is 5.84. The van der Waals surface area contributed by atoms with E-state index in [1.807, 2.05) is 0 Å². The van der Waals surface area contributed by atoms with Gasteiger partial charge in [-0.3, -0.25) is 4.18 Å². The summed E-state index contributed by atoms with van der Waals surface area (Å²) in [4.78, 5) is 0. The number of hydrogen-bond acceptors (Lipinski definition) is 4. The SMILES string of the molecule is O=S(=O)([O-])OCCC(F)(F)C(F)(F)C(F)(F)C(F)(F)C(F)(F)C(F)(F)C(F)(F)C(F)(F)F.[K+]. The molecule has 194 valence electrons. The van der Waals surface area contributed by atoms with E-state index in [2.05, 4.69) is 4.18 Å². The average molecular weight is 582 g/mol. The summed E-state index contributed by atoms with van der Waals surface area (Å²) in [5.41, 5.74) is 0. The standard InChI is InChI=1S/C10H5F17O4S.K/c11-3(12,1-2-31-32(28,29)30)4(13,14)5(15,16)6(17,18)7(19,20)8(21,22)9(23,24)10(25,26)27;/h1-2H2,(H,28,29,30);/q;+1/p-1. The maximum absolute atomic E-state index is 13.3. The van der Waals surface area contributed by atoms with Crippen molar-refractivity contribution in [3.8, 4) is 0 Å². The van der Waals surface area contributed by atoms with E-state index in [9.17, 15) is 87.6 Å². The van der Waals surface area contributed by atoms with E-state index in [1.54, 1.807) is 0 Å². The van der Waals surface area contributed by atoms with E-state index in [0.29, 0.717) is 0 Å². The zero-order valence-corrected chi connectivity index (χ0v) is 18.8. The van der Waals surface area contributed by atoms with Crippen LogP contribution in [0.3, 0.4) is 0 Å². The maximum atomic E-state index is 13.3. The van der Waals surface area contributed by atoms with Crippen LogP contribution in [0, 0.1) is 0 Å². The second-order valence-electron chi connectivity index (χ2n) is 5.63. The summed E-state index contributed by atoms with van der Waals surface area (Å²) in [5.74, 6) is -57.6. The van der Waals surface area contributed by atoms with Crippen LogP contribution in [0.15, 0.2) is 0 Å². The molecule has 0 spiro atoms. The molecule has 0 rings (SSSR count). The fraction of sp³-hybridized carbons (Fsp3) is 1.00. The number of halogens is 17. The Kier molecular flexibility index (Phi) is 10.4. The van der Waals surface area contributed by atoms with Crippen molar-refractivity contribution in [2.75, 3.05) is 6.61 Å². The normalized spacial score (nSPS) is 15.9. The van der Waals surface area contributed by atoms with Crippen molar-refractivity contribution in [1.82, 2.24) is 0 Å². The van der Waals surface area contributed by atoms with Crippen LogP contribution in [0.5, 0.6) is 0 Å². The van der Waals surface area contributed by atoms with Crippen molar-refractivity contribution >= 4 is 10.4 Å². The zero-order chi connectivity index (χ0) is 26.6. The largest absolute Gasteiger partial charge is 1.00 e. The molecule has 0 heterocycles. The Morgan fingerprint density at radius 3 is 1.09 bits per heavy atom. The third-order valence-electron chi connectivity index (χ3n) is 3.43. The summed E-state index contributed by atoms with van der Waals surface area (Å²) in [7, 11) is -6.00. The summed E-state index contributed by atoms with van der Waals surface area (Å²) in [6.45, 7) is -2.51. The van der Waals surface area contributed by atoms with Gasteiger partial charge >= 0.3 is 99.0 Å². The minimum absolute atomic E-state index is 0. The molecule has 0 saturated heterocycles. The van der Waals surface area contributed by atoms with Gasteiger partial charge in [0.25, 0.3) is 0 Å². The quantitative estimate of drug-likeness (QED) is 0.171. The van der Waals surface area contributed by atoms with Crippen molar-refractivity contribution in [3.05, 3.63) is 0 Å². The van der Waals surface area contributed by atoms with Gasteiger partial charge in [-0.2, -0.15) is 74.6 Å². The molecule has 0 bridgehead atoms. The Bertz CT molecular complexity index is 790. The second kappa shape index (κ2) is 9.65. The monoisotopic (exact) mass is 582 g/mol. The van der Waals surface area contributed by atoms with Crippen molar-refractivity contribution < 1.29 is 143 Å². The van der Waals surface area contributed by atoms with Crippen LogP contribution in [0.2, 0.25) is 0 Å². The van der Waals surface area contributed by atoms with Crippen LogP contribution in [-0.4, -0.2) is 67.2 Å². The van der Waals surface area contributed by atoms with Crippen molar-refractivity contribution in [2.45, 2.75) is 54.1 Å². The van der Waals surface area contributed by atoms with Crippen LogP contribution in [-0.2, 0) is 14.6 Å². The van der Waals surface area contributed by atoms with E-state index in [1.165, 1.54) is 0 Å². The molecule has 0 aromatic heterocycles. The van der Waals surface area contributed by atoms with E-state index >= 15 is 0 Å². The van der Waals surface area contributed by atoms with E-state index in [4.69, 9.17) is 0 Å². The molecule has 0 aliphatic rings. The molecular formula is C10H4F17KO4S. The van der Waals surface area contributed by atoms with Gasteiger partial charge in [-0.15, -0.1) is 0 Å². The Morgan fingerprint density at radius 2 is 0.818 bits per heavy atom. The van der Waals surface area contributed by atoms with Gasteiger partial charge in [0.1, 0.15) is 0 Å². The molecule has 0 aliphatic heterocycles. The van der Waals surface area contributed by atoms with Crippen molar-refractivity contribution in [2.24, 2.45) is 0 Å². The average Bonchev–Trinajstić information content (AvgIpc) is 2.50. The van der Waals surface area contributed by atoms with E-state index in [-0.39, 0.29) is 51.4 Å². The minimum Gasteiger partial charge on any atom is -0.726 e. The first-order chi connectivity index (χ1) is 13.5. The predicted octanol–water partition coefficient (Wildman–Crippen LogP) is 1.87. The Hall–Kier alpha value is 0.316.